The van der Waals surface area contributed by atoms with Gasteiger partial charge in [-0.2, -0.15) is 19.9 Å². The summed E-state index contributed by atoms with van der Waals surface area (Å²) in [6.45, 7) is 5.46. The number of fused-ring (bicyclic) bond motifs is 1. The second-order valence-electron chi connectivity index (χ2n) is 8.90. The van der Waals surface area contributed by atoms with Gasteiger partial charge in [-0.3, -0.25) is 4.72 Å². The summed E-state index contributed by atoms with van der Waals surface area (Å²) in [5.74, 6) is -1.45. The molecule has 2 N–H and O–H groups in total. The number of rotatable bonds is 8. The summed E-state index contributed by atoms with van der Waals surface area (Å²) in [6.07, 6.45) is 0. The molecule has 1 fully saturated rings. The summed E-state index contributed by atoms with van der Waals surface area (Å²) >= 11 is 0. The van der Waals surface area contributed by atoms with Crippen molar-refractivity contribution in [2.75, 3.05) is 22.4 Å². The monoisotopic (exact) mass is 540 g/mol. The normalized spacial score (nSPS) is 18.7. The van der Waals surface area contributed by atoms with Crippen molar-refractivity contribution in [1.29, 1.82) is 5.26 Å². The molecule has 11 nitrogen and oxygen atoms in total. The molecule has 2 atom stereocenters. The predicted molar refractivity (Wildman–Crippen MR) is 135 cm³/mol. The van der Waals surface area contributed by atoms with Crippen LogP contribution in [0.2, 0.25) is 0 Å². The maximum absolute atomic E-state index is 14.4. The number of hydrazine groups is 1. The summed E-state index contributed by atoms with van der Waals surface area (Å²) in [6, 6.07) is 11.2. The van der Waals surface area contributed by atoms with Crippen LogP contribution in [0.5, 0.6) is 11.5 Å². The molecule has 0 saturated carbocycles. The zero-order chi connectivity index (χ0) is 27.2. The molecule has 2 unspecified atom stereocenters. The molecule has 0 bridgehead atoms. The van der Waals surface area contributed by atoms with E-state index in [4.69, 9.17) is 4.74 Å². The van der Waals surface area contributed by atoms with Crippen LogP contribution in [-0.2, 0) is 10.0 Å². The maximum atomic E-state index is 14.4. The molecule has 4 aromatic rings. The number of sulfonamides is 1. The molecular formula is C24H22F2N8O3S. The van der Waals surface area contributed by atoms with Crippen molar-refractivity contribution in [3.63, 3.8) is 0 Å². The molecule has 3 heterocycles. The van der Waals surface area contributed by atoms with Gasteiger partial charge in [0.1, 0.15) is 17.1 Å². The van der Waals surface area contributed by atoms with E-state index in [0.717, 1.165) is 12.1 Å². The molecular weight excluding hydrogens is 518 g/mol. The van der Waals surface area contributed by atoms with Gasteiger partial charge in [0.2, 0.25) is 15.7 Å². The summed E-state index contributed by atoms with van der Waals surface area (Å²) < 4.78 is 62.1. The number of nitrogens with one attached hydrogen (secondary N) is 2. The van der Waals surface area contributed by atoms with Crippen molar-refractivity contribution in [2.45, 2.75) is 26.3 Å². The number of ether oxygens (including phenoxy) is 1. The lowest BCUT2D eigenvalue weighted by Crippen LogP contribution is -2.18. The van der Waals surface area contributed by atoms with Crippen LogP contribution in [0.15, 0.2) is 42.5 Å². The third-order valence-corrected chi connectivity index (χ3v) is 7.31. The van der Waals surface area contributed by atoms with Gasteiger partial charge in [-0.1, -0.05) is 0 Å². The van der Waals surface area contributed by atoms with E-state index in [1.807, 2.05) is 0 Å². The Labute approximate surface area is 216 Å². The highest BCUT2D eigenvalue weighted by Gasteiger charge is 2.49. The highest BCUT2D eigenvalue weighted by molar-refractivity contribution is 7.92. The lowest BCUT2D eigenvalue weighted by molar-refractivity contribution is 0.439. The van der Waals surface area contributed by atoms with E-state index in [9.17, 15) is 22.5 Å². The van der Waals surface area contributed by atoms with Crippen LogP contribution in [0.25, 0.3) is 16.9 Å². The smallest absolute Gasteiger partial charge is 0.232 e. The topological polar surface area (TPSA) is 137 Å². The number of halogens is 2. The summed E-state index contributed by atoms with van der Waals surface area (Å²) in [7, 11) is -3.61. The zero-order valence-electron chi connectivity index (χ0n) is 20.5. The Hall–Kier alpha value is -4.35. The molecule has 38 heavy (non-hydrogen) atoms. The fourth-order valence-corrected chi connectivity index (χ4v) is 4.31. The highest BCUT2D eigenvalue weighted by atomic mass is 32.2. The van der Waals surface area contributed by atoms with Crippen LogP contribution in [0, 0.1) is 29.9 Å². The van der Waals surface area contributed by atoms with Gasteiger partial charge in [0.15, 0.2) is 17.4 Å². The molecule has 0 amide bonds. The molecule has 1 aliphatic rings. The van der Waals surface area contributed by atoms with E-state index >= 15 is 0 Å². The van der Waals surface area contributed by atoms with Crippen molar-refractivity contribution in [3.05, 3.63) is 59.9 Å². The third-order valence-electron chi connectivity index (χ3n) is 6.00. The highest BCUT2D eigenvalue weighted by Crippen LogP contribution is 2.38. The second-order valence-corrected chi connectivity index (χ2v) is 10.9. The minimum absolute atomic E-state index is 0.132. The van der Waals surface area contributed by atoms with Crippen molar-refractivity contribution in [3.8, 4) is 28.8 Å². The van der Waals surface area contributed by atoms with Crippen LogP contribution in [0.1, 0.15) is 19.7 Å². The molecule has 0 aliphatic carbocycles. The third kappa shape index (κ3) is 4.81. The molecule has 5 rings (SSSR count). The van der Waals surface area contributed by atoms with Crippen LogP contribution in [-0.4, -0.2) is 51.1 Å². The van der Waals surface area contributed by atoms with Crippen LogP contribution in [0.3, 0.4) is 0 Å². The van der Waals surface area contributed by atoms with Crippen LogP contribution < -0.4 is 14.9 Å². The maximum Gasteiger partial charge on any atom is 0.232 e. The number of nitrogens with zero attached hydrogens (tertiary/aromatic N) is 6. The number of nitriles is 1. The minimum atomic E-state index is -3.61. The second kappa shape index (κ2) is 9.19. The van der Waals surface area contributed by atoms with Crippen LogP contribution >= 0.6 is 0 Å². The lowest BCUT2D eigenvalue weighted by atomic mass is 10.1. The first-order valence-electron chi connectivity index (χ1n) is 11.5. The minimum Gasteiger partial charge on any atom is -0.454 e. The van der Waals surface area contributed by atoms with Gasteiger partial charge in [0.25, 0.3) is 0 Å². The van der Waals surface area contributed by atoms with E-state index in [1.54, 1.807) is 24.9 Å². The van der Waals surface area contributed by atoms with E-state index in [1.165, 1.54) is 29.6 Å². The molecule has 2 aromatic carbocycles. The molecule has 14 heteroatoms. The van der Waals surface area contributed by atoms with Gasteiger partial charge in [0.05, 0.1) is 29.7 Å². The lowest BCUT2D eigenvalue weighted by Gasteiger charge is -2.16. The van der Waals surface area contributed by atoms with E-state index < -0.39 is 27.2 Å². The van der Waals surface area contributed by atoms with Crippen molar-refractivity contribution < 1.29 is 21.9 Å². The first kappa shape index (κ1) is 25.3. The average molecular weight is 541 g/mol. The molecule has 1 aliphatic heterocycles. The summed E-state index contributed by atoms with van der Waals surface area (Å²) in [5, 5.41) is 24.0. The fraction of sp³-hybridized carbons (Fsp3) is 0.250. The Morgan fingerprint density at radius 2 is 1.92 bits per heavy atom. The van der Waals surface area contributed by atoms with Gasteiger partial charge in [-0.15, -0.1) is 10.2 Å². The first-order chi connectivity index (χ1) is 18.0. The van der Waals surface area contributed by atoms with Gasteiger partial charge in [-0.25, -0.2) is 17.2 Å². The number of anilines is 2. The van der Waals surface area contributed by atoms with Crippen LogP contribution in [0.4, 0.5) is 20.2 Å². The summed E-state index contributed by atoms with van der Waals surface area (Å²) in [5.41, 5.74) is 4.18. The number of hydrogen-bond donors (Lipinski definition) is 2. The largest absolute Gasteiger partial charge is 0.454 e. The molecule has 0 spiro atoms. The molecule has 1 saturated heterocycles. The van der Waals surface area contributed by atoms with Gasteiger partial charge in [0, 0.05) is 17.3 Å². The molecule has 0 radical (unpaired) electrons. The van der Waals surface area contributed by atoms with Crippen molar-refractivity contribution >= 4 is 27.0 Å². The molecule has 2 aromatic heterocycles. The van der Waals surface area contributed by atoms with E-state index in [2.05, 4.69) is 31.5 Å². The van der Waals surface area contributed by atoms with Gasteiger partial charge < -0.3 is 10.2 Å². The standard InChI is InChI=1S/C24H22F2N8O3S/c1-4-38(35,36)32-16-6-8-21(37-22-7-5-15(25)9-18(22)26)17(10-16)19-11-20(30-33-13-24(33,3)12-27)23-29-28-14(2)34(23)31-19/h5-11,30,32H,4,13H2,1-3H3. The Bertz CT molecular complexity index is 1720. The Balaban J connectivity index is 1.65. The van der Waals surface area contributed by atoms with Crippen molar-refractivity contribution in [1.82, 2.24) is 24.8 Å². The number of hydrogen-bond acceptors (Lipinski definition) is 9. The number of aryl methyl sites for hydroxylation is 1. The number of benzene rings is 2. The average Bonchev–Trinajstić information content (AvgIpc) is 3.37. The quantitative estimate of drug-likeness (QED) is 0.319. The summed E-state index contributed by atoms with van der Waals surface area (Å²) in [4.78, 5) is 0. The zero-order valence-corrected chi connectivity index (χ0v) is 21.3. The van der Waals surface area contributed by atoms with E-state index in [-0.39, 0.29) is 22.9 Å². The first-order valence-corrected chi connectivity index (χ1v) is 13.1. The van der Waals surface area contributed by atoms with Crippen molar-refractivity contribution in [2.24, 2.45) is 0 Å². The number of aromatic nitrogens is 4. The SMILES string of the molecule is CCS(=O)(=O)Nc1ccc(Oc2ccc(F)cc2F)c(-c2cc(NN3CC3(C)C#N)c3nnc(C)n3n2)c1. The predicted octanol–water partition coefficient (Wildman–Crippen LogP) is 3.86. The Morgan fingerprint density at radius 1 is 1.16 bits per heavy atom. The Kier molecular flexibility index (Phi) is 6.12. The fourth-order valence-electron chi connectivity index (χ4n) is 3.68. The van der Waals surface area contributed by atoms with Gasteiger partial charge >= 0.3 is 0 Å². The van der Waals surface area contributed by atoms with Gasteiger partial charge in [-0.05, 0) is 57.2 Å². The molecule has 196 valence electrons. The van der Waals surface area contributed by atoms with E-state index in [0.29, 0.717) is 41.0 Å². The Morgan fingerprint density at radius 3 is 2.61 bits per heavy atom.